The van der Waals surface area contributed by atoms with Gasteiger partial charge in [-0.05, 0) is 64.2 Å². The Morgan fingerprint density at radius 2 is 0.494 bits per heavy atom. The highest BCUT2D eigenvalue weighted by Gasteiger charge is 2.19. The standard InChI is InChI=1S/C73H132O6/c1-4-7-10-13-16-19-22-24-26-28-29-30-31-32-33-34-35-36-37-38-39-40-41-42-43-44-45-46-48-49-51-54-57-60-63-66-72(75)78-69-70(68-77-71(74)65-62-59-56-53-21-18-15-12-9-6-3)79-73(76)67-64-61-58-55-52-50-47-27-25-23-20-17-14-11-8-5-2/h7,10,16,19,24,26,29-30,32-33,70H,4-6,8-9,11-15,17-18,20-23,25,27-28,31,34-69H2,1-3H3/b10-7-,19-16-,26-24-,30-29-,33-32-. The summed E-state index contributed by atoms with van der Waals surface area (Å²) in [5.74, 6) is -0.842. The molecule has 0 N–H and O–H groups in total. The van der Waals surface area contributed by atoms with Crippen molar-refractivity contribution in [2.24, 2.45) is 0 Å². The molecular weight excluding hydrogens is 973 g/mol. The fraction of sp³-hybridized carbons (Fsp3) is 0.822. The average molecular weight is 1110 g/mol. The molecule has 0 aromatic carbocycles. The molecule has 0 aliphatic heterocycles. The fourth-order valence-corrected chi connectivity index (χ4v) is 10.4. The zero-order valence-electron chi connectivity index (χ0n) is 52.9. The minimum Gasteiger partial charge on any atom is -0.462 e. The minimum atomic E-state index is -0.767. The summed E-state index contributed by atoms with van der Waals surface area (Å²) in [6, 6.07) is 0. The van der Waals surface area contributed by atoms with Crippen LogP contribution in [0.3, 0.4) is 0 Å². The molecule has 0 rings (SSSR count). The second-order valence-electron chi connectivity index (χ2n) is 23.4. The Labute approximate surface area is 491 Å². The van der Waals surface area contributed by atoms with Gasteiger partial charge >= 0.3 is 17.9 Å². The van der Waals surface area contributed by atoms with E-state index in [4.69, 9.17) is 14.2 Å². The molecule has 0 heterocycles. The Bertz CT molecular complexity index is 1410. The van der Waals surface area contributed by atoms with Gasteiger partial charge in [0.1, 0.15) is 13.2 Å². The van der Waals surface area contributed by atoms with Crippen LogP contribution in [-0.4, -0.2) is 37.2 Å². The lowest BCUT2D eigenvalue weighted by Crippen LogP contribution is -2.30. The van der Waals surface area contributed by atoms with Crippen molar-refractivity contribution in [2.75, 3.05) is 13.2 Å². The Kier molecular flexibility index (Phi) is 65.1. The van der Waals surface area contributed by atoms with Gasteiger partial charge in [-0.1, -0.05) is 345 Å². The number of carbonyl (C=O) groups excluding carboxylic acids is 3. The normalized spacial score (nSPS) is 12.4. The molecule has 6 nitrogen and oxygen atoms in total. The maximum atomic E-state index is 12.9. The van der Waals surface area contributed by atoms with Crippen LogP contribution in [-0.2, 0) is 28.6 Å². The van der Waals surface area contributed by atoms with E-state index in [0.717, 1.165) is 89.9 Å². The topological polar surface area (TPSA) is 78.9 Å². The predicted octanol–water partition coefficient (Wildman–Crippen LogP) is 23.9. The quantitative estimate of drug-likeness (QED) is 0.0261. The van der Waals surface area contributed by atoms with Crippen molar-refractivity contribution in [3.8, 4) is 0 Å². The highest BCUT2D eigenvalue weighted by molar-refractivity contribution is 5.71. The molecule has 0 saturated carbocycles. The Morgan fingerprint density at radius 3 is 0.772 bits per heavy atom. The van der Waals surface area contributed by atoms with Crippen molar-refractivity contribution < 1.29 is 28.6 Å². The number of carbonyl (C=O) groups is 3. The summed E-state index contributed by atoms with van der Waals surface area (Å²) in [7, 11) is 0. The molecule has 0 aliphatic carbocycles. The maximum absolute atomic E-state index is 12.9. The van der Waals surface area contributed by atoms with E-state index in [9.17, 15) is 14.4 Å². The summed E-state index contributed by atoms with van der Waals surface area (Å²) in [4.78, 5) is 38.2. The summed E-state index contributed by atoms with van der Waals surface area (Å²) in [5.41, 5.74) is 0. The smallest absolute Gasteiger partial charge is 0.306 e. The lowest BCUT2D eigenvalue weighted by Gasteiger charge is -2.18. The van der Waals surface area contributed by atoms with Gasteiger partial charge in [0.15, 0.2) is 6.10 Å². The fourth-order valence-electron chi connectivity index (χ4n) is 10.4. The van der Waals surface area contributed by atoms with Crippen LogP contribution >= 0.6 is 0 Å². The van der Waals surface area contributed by atoms with Crippen molar-refractivity contribution >= 4 is 17.9 Å². The lowest BCUT2D eigenvalue weighted by molar-refractivity contribution is -0.167. The predicted molar refractivity (Wildman–Crippen MR) is 344 cm³/mol. The molecule has 460 valence electrons. The average Bonchev–Trinajstić information content (AvgIpc) is 3.45. The van der Waals surface area contributed by atoms with Gasteiger partial charge in [-0.25, -0.2) is 0 Å². The minimum absolute atomic E-state index is 0.0659. The highest BCUT2D eigenvalue weighted by atomic mass is 16.6. The van der Waals surface area contributed by atoms with Gasteiger partial charge in [0.2, 0.25) is 0 Å². The third-order valence-corrected chi connectivity index (χ3v) is 15.5. The summed E-state index contributed by atoms with van der Waals surface area (Å²) in [5, 5.41) is 0. The number of hydrogen-bond donors (Lipinski definition) is 0. The van der Waals surface area contributed by atoms with Gasteiger partial charge in [0, 0.05) is 19.3 Å². The first-order chi connectivity index (χ1) is 39.0. The summed E-state index contributed by atoms with van der Waals surface area (Å²) in [6.45, 7) is 6.57. The van der Waals surface area contributed by atoms with E-state index >= 15 is 0 Å². The Hall–Kier alpha value is -2.89. The second kappa shape index (κ2) is 67.6. The van der Waals surface area contributed by atoms with Gasteiger partial charge < -0.3 is 14.2 Å². The van der Waals surface area contributed by atoms with Gasteiger partial charge in [-0.2, -0.15) is 0 Å². The number of hydrogen-bond acceptors (Lipinski definition) is 6. The Morgan fingerprint density at radius 1 is 0.266 bits per heavy atom. The van der Waals surface area contributed by atoms with Gasteiger partial charge in [-0.15, -0.1) is 0 Å². The Balaban J connectivity index is 4.03. The second-order valence-corrected chi connectivity index (χ2v) is 23.4. The number of esters is 3. The SMILES string of the molecule is CC/C=C\C/C=C\C/C=C\C/C=C\C/C=C\CCCCCCCCCCCCCCCCCCCCCC(=O)OCC(COC(=O)CCCCCCCCCCCC)OC(=O)CCCCCCCCCCCCCCCCCC. The molecule has 0 bridgehead atoms. The van der Waals surface area contributed by atoms with Crippen LogP contribution in [0.25, 0.3) is 0 Å². The summed E-state index contributed by atoms with van der Waals surface area (Å²) >= 11 is 0. The van der Waals surface area contributed by atoms with Crippen molar-refractivity contribution in [1.82, 2.24) is 0 Å². The molecule has 0 aliphatic rings. The maximum Gasteiger partial charge on any atom is 0.306 e. The molecule has 0 aromatic heterocycles. The van der Waals surface area contributed by atoms with E-state index < -0.39 is 6.10 Å². The summed E-state index contributed by atoms with van der Waals surface area (Å²) < 4.78 is 16.9. The number of unbranched alkanes of at least 4 members (excludes halogenated alkanes) is 43. The molecule has 6 heteroatoms. The number of rotatable bonds is 64. The van der Waals surface area contributed by atoms with Crippen LogP contribution in [0.15, 0.2) is 60.8 Å². The van der Waals surface area contributed by atoms with Gasteiger partial charge in [-0.3, -0.25) is 14.4 Å². The van der Waals surface area contributed by atoms with Crippen molar-refractivity contribution in [3.63, 3.8) is 0 Å². The van der Waals surface area contributed by atoms with Crippen LogP contribution in [0.1, 0.15) is 367 Å². The number of ether oxygens (including phenoxy) is 3. The largest absolute Gasteiger partial charge is 0.462 e. The van der Waals surface area contributed by atoms with Crippen molar-refractivity contribution in [3.05, 3.63) is 60.8 Å². The monoisotopic (exact) mass is 1110 g/mol. The van der Waals surface area contributed by atoms with Crippen LogP contribution in [0.4, 0.5) is 0 Å². The molecule has 0 spiro atoms. The molecule has 1 atom stereocenters. The molecule has 1 unspecified atom stereocenters. The number of allylic oxidation sites excluding steroid dienone is 10. The van der Waals surface area contributed by atoms with Crippen LogP contribution in [0.2, 0.25) is 0 Å². The molecular formula is C73H132O6. The van der Waals surface area contributed by atoms with E-state index in [1.54, 1.807) is 0 Å². The van der Waals surface area contributed by atoms with E-state index in [0.29, 0.717) is 19.3 Å². The first-order valence-corrected chi connectivity index (χ1v) is 34.8. The van der Waals surface area contributed by atoms with E-state index in [2.05, 4.69) is 81.5 Å². The molecule has 0 fully saturated rings. The van der Waals surface area contributed by atoms with Crippen LogP contribution in [0, 0.1) is 0 Å². The van der Waals surface area contributed by atoms with E-state index in [1.165, 1.54) is 238 Å². The van der Waals surface area contributed by atoms with E-state index in [-0.39, 0.29) is 31.1 Å². The molecule has 0 saturated heterocycles. The van der Waals surface area contributed by atoms with Crippen molar-refractivity contribution in [1.29, 1.82) is 0 Å². The van der Waals surface area contributed by atoms with Crippen LogP contribution in [0.5, 0.6) is 0 Å². The lowest BCUT2D eigenvalue weighted by atomic mass is 10.0. The van der Waals surface area contributed by atoms with Gasteiger partial charge in [0.05, 0.1) is 0 Å². The summed E-state index contributed by atoms with van der Waals surface area (Å²) in [6.07, 6.45) is 86.9. The van der Waals surface area contributed by atoms with Crippen molar-refractivity contribution in [2.45, 2.75) is 374 Å². The van der Waals surface area contributed by atoms with Gasteiger partial charge in [0.25, 0.3) is 0 Å². The zero-order valence-corrected chi connectivity index (χ0v) is 52.9. The highest BCUT2D eigenvalue weighted by Crippen LogP contribution is 2.18. The molecule has 0 amide bonds. The van der Waals surface area contributed by atoms with E-state index in [1.807, 2.05) is 0 Å². The van der Waals surface area contributed by atoms with Crippen LogP contribution < -0.4 is 0 Å². The third-order valence-electron chi connectivity index (χ3n) is 15.5. The third kappa shape index (κ3) is 65.8. The molecule has 0 radical (unpaired) electrons. The zero-order chi connectivity index (χ0) is 57.1. The molecule has 79 heavy (non-hydrogen) atoms. The first-order valence-electron chi connectivity index (χ1n) is 34.8. The molecule has 0 aromatic rings. The first kappa shape index (κ1) is 76.1.